The second-order valence-electron chi connectivity index (χ2n) is 8.79. The number of benzene rings is 1. The molecule has 1 atom stereocenters. The van der Waals surface area contributed by atoms with Gasteiger partial charge in [-0.05, 0) is 52.8 Å². The zero-order valence-corrected chi connectivity index (χ0v) is 19.1. The number of fused-ring (bicyclic) bond motifs is 1. The van der Waals surface area contributed by atoms with Crippen molar-refractivity contribution < 1.29 is 9.53 Å². The molecule has 1 amide bonds. The van der Waals surface area contributed by atoms with E-state index in [0.717, 1.165) is 74.0 Å². The Kier molecular flexibility index (Phi) is 6.41. The summed E-state index contributed by atoms with van der Waals surface area (Å²) in [4.78, 5) is 29.0. The lowest BCUT2D eigenvalue weighted by atomic mass is 10.0. The Morgan fingerprint density at radius 3 is 2.77 bits per heavy atom. The number of para-hydroxylation sites is 1. The van der Waals surface area contributed by atoms with Crippen molar-refractivity contribution >= 4 is 11.7 Å². The number of aryl methyl sites for hydroxylation is 1. The van der Waals surface area contributed by atoms with Crippen LogP contribution in [0.5, 0.6) is 5.75 Å². The predicted molar refractivity (Wildman–Crippen MR) is 121 cm³/mol. The lowest BCUT2D eigenvalue weighted by molar-refractivity contribution is -0.132. The van der Waals surface area contributed by atoms with E-state index in [1.54, 1.807) is 7.11 Å². The molecule has 0 saturated carbocycles. The molecule has 166 valence electrons. The van der Waals surface area contributed by atoms with Gasteiger partial charge in [0, 0.05) is 36.5 Å². The number of hydrogen-bond donors (Lipinski definition) is 0. The third kappa shape index (κ3) is 4.51. The lowest BCUT2D eigenvalue weighted by Gasteiger charge is -2.33. The molecule has 0 bridgehead atoms. The number of rotatable bonds is 6. The van der Waals surface area contributed by atoms with Crippen molar-refractivity contribution in [2.24, 2.45) is 0 Å². The van der Waals surface area contributed by atoms with Gasteiger partial charge in [0.15, 0.2) is 5.82 Å². The molecule has 1 aromatic heterocycles. The molecular formula is C24H33N5O2. The van der Waals surface area contributed by atoms with E-state index in [1.165, 1.54) is 5.56 Å². The third-order valence-corrected chi connectivity index (χ3v) is 6.24. The van der Waals surface area contributed by atoms with Gasteiger partial charge in [0.2, 0.25) is 5.91 Å². The highest BCUT2D eigenvalue weighted by molar-refractivity contribution is 5.79. The molecule has 0 unspecified atom stereocenters. The highest BCUT2D eigenvalue weighted by Gasteiger charge is 2.34. The van der Waals surface area contributed by atoms with Gasteiger partial charge < -0.3 is 19.4 Å². The van der Waals surface area contributed by atoms with Crippen LogP contribution >= 0.6 is 0 Å². The van der Waals surface area contributed by atoms with Crippen molar-refractivity contribution in [1.29, 1.82) is 0 Å². The zero-order valence-electron chi connectivity index (χ0n) is 19.1. The Hall–Kier alpha value is -2.67. The maximum atomic E-state index is 12.8. The van der Waals surface area contributed by atoms with Gasteiger partial charge in [0.05, 0.1) is 19.7 Å². The van der Waals surface area contributed by atoms with Gasteiger partial charge in [0.25, 0.3) is 0 Å². The average molecular weight is 424 g/mol. The maximum absolute atomic E-state index is 12.8. The number of methoxy groups -OCH3 is 1. The number of likely N-dealkylation sites (N-methyl/N-ethyl adjacent to an activating group) is 1. The lowest BCUT2D eigenvalue weighted by Crippen LogP contribution is -2.38. The summed E-state index contributed by atoms with van der Waals surface area (Å²) in [7, 11) is 5.57. The molecule has 0 spiro atoms. The second-order valence-corrected chi connectivity index (χ2v) is 8.79. The first kappa shape index (κ1) is 21.6. The van der Waals surface area contributed by atoms with E-state index in [0.29, 0.717) is 6.54 Å². The molecule has 4 rings (SSSR count). The number of aromatic nitrogens is 2. The molecule has 31 heavy (non-hydrogen) atoms. The van der Waals surface area contributed by atoms with E-state index in [9.17, 15) is 4.79 Å². The van der Waals surface area contributed by atoms with Gasteiger partial charge >= 0.3 is 0 Å². The number of hydrogen-bond acceptors (Lipinski definition) is 6. The number of carbonyl (C=O) groups excluding carboxylic acids is 1. The fourth-order valence-electron chi connectivity index (χ4n) is 4.75. The quantitative estimate of drug-likeness (QED) is 0.712. The Morgan fingerprint density at radius 1 is 1.19 bits per heavy atom. The van der Waals surface area contributed by atoms with Crippen LogP contribution in [0.1, 0.15) is 47.9 Å². The van der Waals surface area contributed by atoms with Crippen LogP contribution in [0.25, 0.3) is 0 Å². The molecule has 2 aliphatic rings. The average Bonchev–Trinajstić information content (AvgIpc) is 3.24. The van der Waals surface area contributed by atoms with Gasteiger partial charge in [-0.3, -0.25) is 4.79 Å². The van der Waals surface area contributed by atoms with Crippen LogP contribution in [-0.2, 0) is 17.8 Å². The minimum atomic E-state index is -0.0357. The van der Waals surface area contributed by atoms with Crippen LogP contribution in [0.2, 0.25) is 0 Å². The maximum Gasteiger partial charge on any atom is 0.237 e. The van der Waals surface area contributed by atoms with Gasteiger partial charge in [-0.25, -0.2) is 9.97 Å². The van der Waals surface area contributed by atoms with Gasteiger partial charge in [0.1, 0.15) is 11.6 Å². The van der Waals surface area contributed by atoms with Crippen LogP contribution < -0.4 is 9.64 Å². The molecule has 7 nitrogen and oxygen atoms in total. The summed E-state index contributed by atoms with van der Waals surface area (Å²) < 4.78 is 5.57. The fourth-order valence-corrected chi connectivity index (χ4v) is 4.75. The molecule has 0 aliphatic carbocycles. The molecule has 7 heteroatoms. The fraction of sp³-hybridized carbons (Fsp3) is 0.542. The van der Waals surface area contributed by atoms with E-state index >= 15 is 0 Å². The van der Waals surface area contributed by atoms with E-state index in [1.807, 2.05) is 42.1 Å². The van der Waals surface area contributed by atoms with Crippen LogP contribution in [0.4, 0.5) is 5.82 Å². The summed E-state index contributed by atoms with van der Waals surface area (Å²) in [6, 6.07) is 8.12. The van der Waals surface area contributed by atoms with Gasteiger partial charge in [-0.15, -0.1) is 0 Å². The van der Waals surface area contributed by atoms with Crippen LogP contribution in [0.3, 0.4) is 0 Å². The van der Waals surface area contributed by atoms with Crippen LogP contribution in [0, 0.1) is 6.92 Å². The van der Waals surface area contributed by atoms with Crippen molar-refractivity contribution in [3.05, 3.63) is 46.9 Å². The molecule has 1 saturated heterocycles. The van der Waals surface area contributed by atoms with Gasteiger partial charge in [-0.1, -0.05) is 18.2 Å². The Balaban J connectivity index is 1.65. The molecule has 1 aromatic carbocycles. The number of anilines is 1. The molecule has 2 aliphatic heterocycles. The second kappa shape index (κ2) is 9.22. The predicted octanol–water partition coefficient (Wildman–Crippen LogP) is 2.97. The summed E-state index contributed by atoms with van der Waals surface area (Å²) >= 11 is 0. The topological polar surface area (TPSA) is 61.8 Å². The molecule has 1 fully saturated rings. The van der Waals surface area contributed by atoms with E-state index in [2.05, 4.69) is 17.9 Å². The van der Waals surface area contributed by atoms with Gasteiger partial charge in [-0.2, -0.15) is 0 Å². The Labute approximate surface area is 185 Å². The first-order valence-electron chi connectivity index (χ1n) is 11.2. The third-order valence-electron chi connectivity index (χ3n) is 6.24. The number of amides is 1. The van der Waals surface area contributed by atoms with Crippen LogP contribution in [-0.4, -0.2) is 66.5 Å². The first-order valence-corrected chi connectivity index (χ1v) is 11.2. The normalized spacial score (nSPS) is 18.4. The summed E-state index contributed by atoms with van der Waals surface area (Å²) in [6.07, 6.45) is 4.00. The molecule has 3 heterocycles. The van der Waals surface area contributed by atoms with Crippen molar-refractivity contribution in [2.75, 3.05) is 45.7 Å². The monoisotopic (exact) mass is 423 g/mol. The summed E-state index contributed by atoms with van der Waals surface area (Å²) in [6.45, 7) is 4.98. The summed E-state index contributed by atoms with van der Waals surface area (Å²) in [5.41, 5.74) is 3.42. The number of likely N-dealkylation sites (tertiary alicyclic amines) is 1. The Morgan fingerprint density at radius 2 is 2.00 bits per heavy atom. The molecular weight excluding hydrogens is 390 g/mol. The smallest absolute Gasteiger partial charge is 0.237 e. The SMILES string of the molecule is COc1ccccc1CN1CCCc2c(C)nc([C@@H]3CCCN3C(=O)CN(C)C)nc21. The molecule has 2 aromatic rings. The molecule has 0 N–H and O–H groups in total. The van der Waals surface area contributed by atoms with Crippen molar-refractivity contribution in [2.45, 2.75) is 45.2 Å². The number of ether oxygens (including phenoxy) is 1. The number of carbonyl (C=O) groups is 1. The van der Waals surface area contributed by atoms with E-state index in [4.69, 9.17) is 14.7 Å². The molecule has 0 radical (unpaired) electrons. The largest absolute Gasteiger partial charge is 0.496 e. The summed E-state index contributed by atoms with van der Waals surface area (Å²) in [5, 5.41) is 0. The van der Waals surface area contributed by atoms with E-state index in [-0.39, 0.29) is 11.9 Å². The van der Waals surface area contributed by atoms with Crippen molar-refractivity contribution in [3.8, 4) is 5.75 Å². The minimum absolute atomic E-state index is 0.0357. The highest BCUT2D eigenvalue weighted by Crippen LogP contribution is 2.35. The van der Waals surface area contributed by atoms with E-state index < -0.39 is 0 Å². The standard InChI is InChI=1S/C24H33N5O2/c1-17-19-10-7-13-28(15-18-9-5-6-12-21(18)31-4)24(19)26-23(25-17)20-11-8-14-29(20)22(30)16-27(2)3/h5-6,9,12,20H,7-8,10-11,13-16H2,1-4H3/t20-/m0/s1. The van der Waals surface area contributed by atoms with Crippen molar-refractivity contribution in [3.63, 3.8) is 0 Å². The Bertz CT molecular complexity index is 946. The first-order chi connectivity index (χ1) is 15.0. The van der Waals surface area contributed by atoms with Crippen LogP contribution in [0.15, 0.2) is 24.3 Å². The zero-order chi connectivity index (χ0) is 22.0. The summed E-state index contributed by atoms with van der Waals surface area (Å²) in [5.74, 6) is 2.86. The minimum Gasteiger partial charge on any atom is -0.496 e. The van der Waals surface area contributed by atoms with Crippen molar-refractivity contribution in [1.82, 2.24) is 19.8 Å². The highest BCUT2D eigenvalue weighted by atomic mass is 16.5. The number of nitrogens with zero attached hydrogens (tertiary/aromatic N) is 5.